The summed E-state index contributed by atoms with van der Waals surface area (Å²) in [5.41, 5.74) is 2.34. The Labute approximate surface area is 108 Å². The van der Waals surface area contributed by atoms with Crippen LogP contribution in [0.25, 0.3) is 0 Å². The summed E-state index contributed by atoms with van der Waals surface area (Å²) >= 11 is 6.09. The number of halogens is 1. The zero-order chi connectivity index (χ0) is 12.5. The molecule has 2 aromatic carbocycles. The lowest BCUT2D eigenvalue weighted by Crippen LogP contribution is -2.03. The third-order valence-electron chi connectivity index (χ3n) is 2.67. The minimum Gasteiger partial charge on any atom is -0.453 e. The highest BCUT2D eigenvalue weighted by molar-refractivity contribution is 6.33. The number of para-hydroxylation sites is 1. The van der Waals surface area contributed by atoms with E-state index in [1.165, 1.54) is 6.21 Å². The van der Waals surface area contributed by atoms with Crippen LogP contribution in [0.4, 0.5) is 11.4 Å². The van der Waals surface area contributed by atoms with Crippen molar-refractivity contribution in [1.29, 1.82) is 0 Å². The Morgan fingerprint density at radius 3 is 2.94 bits per heavy atom. The van der Waals surface area contributed by atoms with Gasteiger partial charge in [0.05, 0.1) is 16.9 Å². The average molecular weight is 261 g/mol. The van der Waals surface area contributed by atoms with Crippen molar-refractivity contribution in [3.8, 4) is 11.5 Å². The van der Waals surface area contributed by atoms with E-state index in [1.54, 1.807) is 12.1 Å². The molecule has 2 aromatic rings. The van der Waals surface area contributed by atoms with Crippen LogP contribution in [-0.4, -0.2) is 11.4 Å². The molecule has 0 saturated heterocycles. The Morgan fingerprint density at radius 1 is 1.22 bits per heavy atom. The maximum Gasteiger partial charge on any atom is 0.152 e. The zero-order valence-electron chi connectivity index (χ0n) is 9.22. The van der Waals surface area contributed by atoms with Crippen LogP contribution in [0, 0.1) is 0 Å². The standard InChI is InChI=1S/C13H9ClN2O2/c14-9-2-1-3-11-13(9)16-10-5-4-8(7-15-17)6-12(10)18-11/h1-7,16-17H/b15-7-. The van der Waals surface area contributed by atoms with Crippen LogP contribution >= 0.6 is 11.6 Å². The van der Waals surface area contributed by atoms with Gasteiger partial charge in [-0.05, 0) is 29.8 Å². The van der Waals surface area contributed by atoms with Crippen molar-refractivity contribution in [2.24, 2.45) is 5.16 Å². The number of hydrogen-bond donors (Lipinski definition) is 2. The molecule has 18 heavy (non-hydrogen) atoms. The predicted octanol–water partition coefficient (Wildman–Crippen LogP) is 4.00. The van der Waals surface area contributed by atoms with E-state index >= 15 is 0 Å². The lowest BCUT2D eigenvalue weighted by Gasteiger charge is -2.22. The monoisotopic (exact) mass is 260 g/mol. The van der Waals surface area contributed by atoms with Crippen LogP contribution in [-0.2, 0) is 0 Å². The Morgan fingerprint density at radius 2 is 2.11 bits per heavy atom. The van der Waals surface area contributed by atoms with Gasteiger partial charge in [-0.2, -0.15) is 0 Å². The van der Waals surface area contributed by atoms with Crippen LogP contribution in [0.15, 0.2) is 41.6 Å². The molecule has 0 unspecified atom stereocenters. The highest BCUT2D eigenvalue weighted by Gasteiger charge is 2.18. The van der Waals surface area contributed by atoms with E-state index in [1.807, 2.05) is 24.3 Å². The van der Waals surface area contributed by atoms with Crippen LogP contribution in [0.5, 0.6) is 11.5 Å². The van der Waals surface area contributed by atoms with E-state index in [-0.39, 0.29) is 0 Å². The molecule has 0 fully saturated rings. The second-order valence-corrected chi connectivity index (χ2v) is 4.25. The Kier molecular flexibility index (Phi) is 2.57. The molecule has 5 heteroatoms. The van der Waals surface area contributed by atoms with Gasteiger partial charge in [0.1, 0.15) is 5.69 Å². The molecule has 3 rings (SSSR count). The quantitative estimate of drug-likeness (QED) is 0.395. The summed E-state index contributed by atoms with van der Waals surface area (Å²) in [5.74, 6) is 1.34. The fraction of sp³-hybridized carbons (Fsp3) is 0. The van der Waals surface area contributed by atoms with E-state index in [0.29, 0.717) is 16.5 Å². The van der Waals surface area contributed by atoms with Crippen LogP contribution in [0.3, 0.4) is 0 Å². The number of benzene rings is 2. The Balaban J connectivity index is 2.05. The number of oxime groups is 1. The number of nitrogens with one attached hydrogen (secondary N) is 1. The number of rotatable bonds is 1. The smallest absolute Gasteiger partial charge is 0.152 e. The summed E-state index contributed by atoms with van der Waals surface area (Å²) in [6.07, 6.45) is 1.34. The SMILES string of the molecule is O/N=C\c1ccc2c(c1)Oc1cccc(Cl)c1N2. The van der Waals surface area contributed by atoms with Gasteiger partial charge in [-0.25, -0.2) is 0 Å². The fourth-order valence-corrected chi connectivity index (χ4v) is 2.05. The molecule has 1 aliphatic rings. The highest BCUT2D eigenvalue weighted by Crippen LogP contribution is 2.45. The topological polar surface area (TPSA) is 53.9 Å². The van der Waals surface area contributed by atoms with Gasteiger partial charge in [-0.1, -0.05) is 28.9 Å². The molecule has 0 amide bonds. The van der Waals surface area contributed by atoms with Crippen molar-refractivity contribution >= 4 is 29.2 Å². The molecule has 1 aliphatic heterocycles. The second-order valence-electron chi connectivity index (χ2n) is 3.84. The lowest BCUT2D eigenvalue weighted by molar-refractivity contribution is 0.322. The number of nitrogens with zero attached hydrogens (tertiary/aromatic N) is 1. The summed E-state index contributed by atoms with van der Waals surface area (Å²) in [4.78, 5) is 0. The van der Waals surface area contributed by atoms with E-state index in [4.69, 9.17) is 21.5 Å². The molecule has 0 radical (unpaired) electrons. The first-order chi connectivity index (χ1) is 8.78. The van der Waals surface area contributed by atoms with Gasteiger partial charge in [-0.3, -0.25) is 0 Å². The summed E-state index contributed by atoms with van der Waals surface area (Å²) in [7, 11) is 0. The first kappa shape index (κ1) is 10.9. The minimum absolute atomic E-state index is 0.610. The van der Waals surface area contributed by atoms with Gasteiger partial charge in [0.2, 0.25) is 0 Å². The molecule has 0 aliphatic carbocycles. The maximum absolute atomic E-state index is 8.51. The Bertz CT molecular complexity index is 641. The van der Waals surface area contributed by atoms with E-state index in [0.717, 1.165) is 16.9 Å². The van der Waals surface area contributed by atoms with E-state index in [9.17, 15) is 0 Å². The molecule has 0 spiro atoms. The molecular weight excluding hydrogens is 252 g/mol. The van der Waals surface area contributed by atoms with Crippen LogP contribution in [0.1, 0.15) is 5.56 Å². The number of anilines is 2. The van der Waals surface area contributed by atoms with Gasteiger partial charge in [0.15, 0.2) is 11.5 Å². The van der Waals surface area contributed by atoms with Crippen molar-refractivity contribution in [1.82, 2.24) is 0 Å². The summed E-state index contributed by atoms with van der Waals surface area (Å²) < 4.78 is 5.75. The number of hydrogen-bond acceptors (Lipinski definition) is 4. The molecule has 0 atom stereocenters. The Hall–Kier alpha value is -2.20. The molecule has 1 heterocycles. The molecule has 0 bridgehead atoms. The van der Waals surface area contributed by atoms with Gasteiger partial charge < -0.3 is 15.3 Å². The minimum atomic E-state index is 0.610. The van der Waals surface area contributed by atoms with Crippen LogP contribution < -0.4 is 10.1 Å². The lowest BCUT2D eigenvalue weighted by atomic mass is 10.1. The molecule has 0 saturated carbocycles. The number of ether oxygens (including phenoxy) is 1. The third kappa shape index (κ3) is 1.76. The van der Waals surface area contributed by atoms with Gasteiger partial charge in [0, 0.05) is 0 Å². The summed E-state index contributed by atoms with van der Waals surface area (Å²) in [6.45, 7) is 0. The first-order valence-electron chi connectivity index (χ1n) is 5.33. The molecule has 0 aromatic heterocycles. The fourth-order valence-electron chi connectivity index (χ4n) is 1.84. The predicted molar refractivity (Wildman–Crippen MR) is 70.6 cm³/mol. The van der Waals surface area contributed by atoms with Crippen molar-refractivity contribution < 1.29 is 9.94 Å². The second kappa shape index (κ2) is 4.23. The van der Waals surface area contributed by atoms with Crippen molar-refractivity contribution in [2.45, 2.75) is 0 Å². The van der Waals surface area contributed by atoms with E-state index in [2.05, 4.69) is 10.5 Å². The number of fused-ring (bicyclic) bond motifs is 2. The van der Waals surface area contributed by atoms with Crippen molar-refractivity contribution in [3.05, 3.63) is 47.0 Å². The van der Waals surface area contributed by atoms with Gasteiger partial charge >= 0.3 is 0 Å². The highest BCUT2D eigenvalue weighted by atomic mass is 35.5. The van der Waals surface area contributed by atoms with E-state index < -0.39 is 0 Å². The molecule has 90 valence electrons. The first-order valence-corrected chi connectivity index (χ1v) is 5.70. The third-order valence-corrected chi connectivity index (χ3v) is 2.98. The molecular formula is C13H9ClN2O2. The summed E-state index contributed by atoms with van der Waals surface area (Å²) in [6, 6.07) is 10.9. The normalized spacial score (nSPS) is 12.5. The summed E-state index contributed by atoms with van der Waals surface area (Å²) in [5, 5.41) is 15.3. The van der Waals surface area contributed by atoms with Crippen molar-refractivity contribution in [2.75, 3.05) is 5.32 Å². The average Bonchev–Trinajstić information content (AvgIpc) is 2.38. The molecule has 2 N–H and O–H groups in total. The van der Waals surface area contributed by atoms with Crippen LogP contribution in [0.2, 0.25) is 5.02 Å². The maximum atomic E-state index is 8.51. The zero-order valence-corrected chi connectivity index (χ0v) is 9.98. The largest absolute Gasteiger partial charge is 0.453 e. The van der Waals surface area contributed by atoms with Gasteiger partial charge in [0.25, 0.3) is 0 Å². The van der Waals surface area contributed by atoms with Crippen molar-refractivity contribution in [3.63, 3.8) is 0 Å². The molecule has 4 nitrogen and oxygen atoms in total. The van der Waals surface area contributed by atoms with Gasteiger partial charge in [-0.15, -0.1) is 0 Å².